The van der Waals surface area contributed by atoms with Gasteiger partial charge < -0.3 is 14.6 Å². The zero-order chi connectivity index (χ0) is 13.7. The summed E-state index contributed by atoms with van der Waals surface area (Å²) in [5.74, 6) is 2.00. The molecule has 1 atom stereocenters. The van der Waals surface area contributed by atoms with E-state index >= 15 is 0 Å². The third-order valence-corrected chi connectivity index (χ3v) is 3.64. The Bertz CT molecular complexity index is 398. The number of likely N-dealkylation sites (N-methyl/N-ethyl adjacent to an activating group) is 2. The number of hydrogen-bond acceptors (Lipinski definition) is 5. The maximum absolute atomic E-state index is 5.59. The molecule has 1 aromatic rings. The van der Waals surface area contributed by atoms with Gasteiger partial charge in [-0.1, -0.05) is 13.8 Å². The Morgan fingerprint density at radius 1 is 1.47 bits per heavy atom. The molecule has 5 nitrogen and oxygen atoms in total. The van der Waals surface area contributed by atoms with Crippen LogP contribution >= 0.6 is 0 Å². The molecule has 0 bridgehead atoms. The summed E-state index contributed by atoms with van der Waals surface area (Å²) in [5, 5.41) is 3.44. The molecule has 1 N–H and O–H groups in total. The Morgan fingerprint density at radius 2 is 2.26 bits per heavy atom. The number of nitrogens with one attached hydrogen (secondary N) is 1. The van der Waals surface area contributed by atoms with Crippen molar-refractivity contribution in [2.24, 2.45) is 4.99 Å². The second-order valence-electron chi connectivity index (χ2n) is 4.76. The number of nitrogens with zero attached hydrogens (tertiary/aromatic N) is 3. The summed E-state index contributed by atoms with van der Waals surface area (Å²) in [5.41, 5.74) is 0. The molecule has 1 aliphatic rings. The molecule has 5 heteroatoms. The summed E-state index contributed by atoms with van der Waals surface area (Å²) in [6.07, 6.45) is 1.74. The number of furan rings is 1. The van der Waals surface area contributed by atoms with Gasteiger partial charge in [0.1, 0.15) is 5.76 Å². The minimum atomic E-state index is 0.252. The van der Waals surface area contributed by atoms with E-state index in [1.54, 1.807) is 6.26 Å². The third kappa shape index (κ3) is 3.29. The molecule has 0 radical (unpaired) electrons. The van der Waals surface area contributed by atoms with E-state index in [1.807, 2.05) is 12.1 Å². The van der Waals surface area contributed by atoms with Crippen molar-refractivity contribution in [2.75, 3.05) is 39.8 Å². The first kappa shape index (κ1) is 13.9. The highest BCUT2D eigenvalue weighted by molar-refractivity contribution is 5.81. The van der Waals surface area contributed by atoms with E-state index in [1.165, 1.54) is 0 Å². The third-order valence-electron chi connectivity index (χ3n) is 3.64. The molecule has 2 heterocycles. The van der Waals surface area contributed by atoms with Gasteiger partial charge in [-0.05, 0) is 25.2 Å². The summed E-state index contributed by atoms with van der Waals surface area (Å²) in [4.78, 5) is 9.01. The molecule has 2 rings (SSSR count). The summed E-state index contributed by atoms with van der Waals surface area (Å²) >= 11 is 0. The van der Waals surface area contributed by atoms with Crippen molar-refractivity contribution in [3.63, 3.8) is 0 Å². The molecule has 0 fully saturated rings. The second-order valence-corrected chi connectivity index (χ2v) is 4.76. The summed E-state index contributed by atoms with van der Waals surface area (Å²) in [6, 6.07) is 4.25. The van der Waals surface area contributed by atoms with Gasteiger partial charge in [0.15, 0.2) is 5.96 Å². The van der Waals surface area contributed by atoms with E-state index in [2.05, 4.69) is 41.0 Å². The normalized spacial score (nSPS) is 16.8. The molecular formula is C14H24N4O. The van der Waals surface area contributed by atoms with Crippen molar-refractivity contribution >= 4 is 5.96 Å². The number of aliphatic imine (C=N–C) groups is 1. The van der Waals surface area contributed by atoms with Gasteiger partial charge in [-0.15, -0.1) is 0 Å². The van der Waals surface area contributed by atoms with E-state index in [-0.39, 0.29) is 6.04 Å². The van der Waals surface area contributed by atoms with E-state index < -0.39 is 0 Å². The molecule has 19 heavy (non-hydrogen) atoms. The lowest BCUT2D eigenvalue weighted by atomic mass is 10.2. The molecule has 0 saturated heterocycles. The highest BCUT2D eigenvalue weighted by Crippen LogP contribution is 2.20. The molecule has 0 aliphatic carbocycles. The van der Waals surface area contributed by atoms with Crippen LogP contribution in [-0.4, -0.2) is 55.5 Å². The van der Waals surface area contributed by atoms with Crippen LogP contribution in [0.1, 0.15) is 25.6 Å². The van der Waals surface area contributed by atoms with Crippen LogP contribution in [0.5, 0.6) is 0 Å². The van der Waals surface area contributed by atoms with Gasteiger partial charge in [0, 0.05) is 20.1 Å². The van der Waals surface area contributed by atoms with E-state index in [0.717, 1.165) is 44.4 Å². The van der Waals surface area contributed by atoms with Crippen molar-refractivity contribution in [3.8, 4) is 0 Å². The van der Waals surface area contributed by atoms with E-state index in [9.17, 15) is 0 Å². The summed E-state index contributed by atoms with van der Waals surface area (Å²) in [7, 11) is 2.07. The predicted octanol–water partition coefficient (Wildman–Crippen LogP) is 1.55. The van der Waals surface area contributed by atoms with E-state index in [4.69, 9.17) is 4.42 Å². The SMILES string of the molecule is CCN(CC)C(CNC1=NCCN1C)c1ccco1. The fourth-order valence-corrected chi connectivity index (χ4v) is 2.47. The second kappa shape index (κ2) is 6.61. The van der Waals surface area contributed by atoms with Crippen LogP contribution in [0, 0.1) is 0 Å². The lowest BCUT2D eigenvalue weighted by molar-refractivity contribution is 0.192. The fourth-order valence-electron chi connectivity index (χ4n) is 2.47. The maximum atomic E-state index is 5.59. The van der Waals surface area contributed by atoms with Gasteiger partial charge in [0.2, 0.25) is 0 Å². The molecular weight excluding hydrogens is 240 g/mol. The molecule has 0 amide bonds. The smallest absolute Gasteiger partial charge is 0.193 e. The van der Waals surface area contributed by atoms with Gasteiger partial charge in [-0.25, -0.2) is 0 Å². The topological polar surface area (TPSA) is 44.0 Å². The minimum absolute atomic E-state index is 0.252. The lowest BCUT2D eigenvalue weighted by Crippen LogP contribution is -2.42. The molecule has 0 spiro atoms. The molecule has 1 unspecified atom stereocenters. The van der Waals surface area contributed by atoms with Crippen LogP contribution in [0.25, 0.3) is 0 Å². The Hall–Kier alpha value is -1.49. The highest BCUT2D eigenvalue weighted by atomic mass is 16.3. The van der Waals surface area contributed by atoms with Crippen molar-refractivity contribution in [2.45, 2.75) is 19.9 Å². The predicted molar refractivity (Wildman–Crippen MR) is 77.3 cm³/mol. The quantitative estimate of drug-likeness (QED) is 0.847. The Labute approximate surface area is 115 Å². The number of rotatable bonds is 6. The van der Waals surface area contributed by atoms with Crippen molar-refractivity contribution in [1.82, 2.24) is 15.1 Å². The zero-order valence-corrected chi connectivity index (χ0v) is 12.1. The van der Waals surface area contributed by atoms with Crippen LogP contribution in [0.4, 0.5) is 0 Å². The number of guanidine groups is 1. The Morgan fingerprint density at radius 3 is 2.79 bits per heavy atom. The minimum Gasteiger partial charge on any atom is -0.468 e. The number of hydrogen-bond donors (Lipinski definition) is 1. The molecule has 0 aromatic carbocycles. The van der Waals surface area contributed by atoms with Gasteiger partial charge >= 0.3 is 0 Å². The van der Waals surface area contributed by atoms with E-state index in [0.29, 0.717) is 0 Å². The van der Waals surface area contributed by atoms with Gasteiger partial charge in [-0.2, -0.15) is 0 Å². The van der Waals surface area contributed by atoms with Crippen LogP contribution in [-0.2, 0) is 0 Å². The first-order chi connectivity index (χ1) is 9.26. The zero-order valence-electron chi connectivity index (χ0n) is 12.1. The van der Waals surface area contributed by atoms with Gasteiger partial charge in [0.25, 0.3) is 0 Å². The van der Waals surface area contributed by atoms with Crippen LogP contribution in [0.2, 0.25) is 0 Å². The van der Waals surface area contributed by atoms with Crippen molar-refractivity contribution in [1.29, 1.82) is 0 Å². The van der Waals surface area contributed by atoms with Crippen molar-refractivity contribution < 1.29 is 4.42 Å². The first-order valence-electron chi connectivity index (χ1n) is 7.03. The molecule has 1 aliphatic heterocycles. The highest BCUT2D eigenvalue weighted by Gasteiger charge is 2.22. The average Bonchev–Trinajstić information content (AvgIpc) is 3.06. The van der Waals surface area contributed by atoms with Gasteiger partial charge in [-0.3, -0.25) is 9.89 Å². The summed E-state index contributed by atoms with van der Waals surface area (Å²) < 4.78 is 5.59. The first-order valence-corrected chi connectivity index (χ1v) is 7.03. The Kier molecular flexibility index (Phi) is 4.85. The van der Waals surface area contributed by atoms with Crippen molar-refractivity contribution in [3.05, 3.63) is 24.2 Å². The lowest BCUT2D eigenvalue weighted by Gasteiger charge is -2.29. The van der Waals surface area contributed by atoms with Crippen LogP contribution in [0.15, 0.2) is 27.8 Å². The Balaban J connectivity index is 2.02. The molecule has 1 aromatic heterocycles. The van der Waals surface area contributed by atoms with Crippen LogP contribution < -0.4 is 5.32 Å². The largest absolute Gasteiger partial charge is 0.468 e. The van der Waals surface area contributed by atoms with Gasteiger partial charge in [0.05, 0.1) is 18.8 Å². The summed E-state index contributed by atoms with van der Waals surface area (Å²) in [6.45, 7) is 9.07. The average molecular weight is 264 g/mol. The standard InChI is InChI=1S/C14H24N4O/c1-4-18(5-2)12(13-7-6-10-19-13)11-16-14-15-8-9-17(14)3/h6-7,10,12H,4-5,8-9,11H2,1-3H3,(H,15,16). The molecule has 0 saturated carbocycles. The molecule has 106 valence electrons. The van der Waals surface area contributed by atoms with Crippen LogP contribution in [0.3, 0.4) is 0 Å². The maximum Gasteiger partial charge on any atom is 0.193 e. The monoisotopic (exact) mass is 264 g/mol. The fraction of sp³-hybridized carbons (Fsp3) is 0.643.